The Labute approximate surface area is 133 Å². The minimum Gasteiger partial charge on any atom is -0.343 e. The lowest BCUT2D eigenvalue weighted by Crippen LogP contribution is -2.47. The average molecular weight is 319 g/mol. The van der Waals surface area contributed by atoms with Gasteiger partial charge in [0.1, 0.15) is 5.69 Å². The molecule has 0 aliphatic heterocycles. The maximum atomic E-state index is 13.1. The van der Waals surface area contributed by atoms with Crippen LogP contribution in [-0.4, -0.2) is 21.2 Å². The van der Waals surface area contributed by atoms with Crippen molar-refractivity contribution in [3.63, 3.8) is 0 Å². The van der Waals surface area contributed by atoms with E-state index in [0.29, 0.717) is 5.92 Å². The molecular formula is C17H19F2N3O. The zero-order valence-electron chi connectivity index (χ0n) is 13.0. The minimum absolute atomic E-state index is 0.0132. The van der Waals surface area contributed by atoms with Crippen molar-refractivity contribution in [3.05, 3.63) is 40.8 Å². The Kier molecular flexibility index (Phi) is 3.18. The number of hydrogen-bond acceptors (Lipinski definition) is 2. The van der Waals surface area contributed by atoms with Crippen LogP contribution in [0.4, 0.5) is 8.78 Å². The van der Waals surface area contributed by atoms with E-state index in [0.717, 1.165) is 32.1 Å². The summed E-state index contributed by atoms with van der Waals surface area (Å²) >= 11 is 0. The predicted octanol–water partition coefficient (Wildman–Crippen LogP) is 3.29. The fourth-order valence-corrected chi connectivity index (χ4v) is 4.48. The maximum Gasteiger partial charge on any atom is 0.282 e. The smallest absolute Gasteiger partial charge is 0.282 e. The summed E-state index contributed by atoms with van der Waals surface area (Å²) < 4.78 is 27.5. The summed E-state index contributed by atoms with van der Waals surface area (Å²) in [6.45, 7) is 0. The van der Waals surface area contributed by atoms with Crippen molar-refractivity contribution in [2.24, 2.45) is 13.0 Å². The van der Waals surface area contributed by atoms with Crippen LogP contribution < -0.4 is 5.32 Å². The summed E-state index contributed by atoms with van der Waals surface area (Å²) in [5.41, 5.74) is 1.89. The summed E-state index contributed by atoms with van der Waals surface area (Å²) in [4.78, 5) is 12.7. The number of carbonyl (C=O) groups excluding carboxylic acids is 1. The highest BCUT2D eigenvalue weighted by Crippen LogP contribution is 2.54. The largest absolute Gasteiger partial charge is 0.343 e. The number of allylic oxidation sites excluding steroid dienone is 3. The van der Waals surface area contributed by atoms with Crippen LogP contribution in [0.2, 0.25) is 0 Å². The van der Waals surface area contributed by atoms with E-state index in [1.807, 2.05) is 0 Å². The van der Waals surface area contributed by atoms with Gasteiger partial charge in [0.15, 0.2) is 0 Å². The number of halogens is 2. The van der Waals surface area contributed by atoms with E-state index in [9.17, 15) is 13.6 Å². The second-order valence-electron chi connectivity index (χ2n) is 6.75. The first-order chi connectivity index (χ1) is 11.0. The number of aromatic nitrogens is 2. The molecule has 1 aromatic rings. The van der Waals surface area contributed by atoms with Gasteiger partial charge in [0, 0.05) is 13.2 Å². The predicted molar refractivity (Wildman–Crippen MR) is 81.1 cm³/mol. The fraction of sp³-hybridized carbons (Fsp3) is 0.529. The first-order valence-electron chi connectivity index (χ1n) is 8.04. The molecule has 122 valence electrons. The van der Waals surface area contributed by atoms with E-state index in [-0.39, 0.29) is 11.1 Å². The van der Waals surface area contributed by atoms with Crippen LogP contribution in [0.1, 0.15) is 54.6 Å². The fourth-order valence-electron chi connectivity index (χ4n) is 4.48. The van der Waals surface area contributed by atoms with Crippen molar-refractivity contribution >= 4 is 5.91 Å². The van der Waals surface area contributed by atoms with Gasteiger partial charge in [0.05, 0.1) is 11.1 Å². The Bertz CT molecular complexity index is 734. The molecule has 0 aromatic carbocycles. The number of nitrogens with one attached hydrogen (secondary N) is 1. The number of hydrogen-bond donors (Lipinski definition) is 1. The topological polar surface area (TPSA) is 46.9 Å². The first kappa shape index (κ1) is 14.6. The van der Waals surface area contributed by atoms with Crippen LogP contribution in [0.25, 0.3) is 0 Å². The van der Waals surface area contributed by atoms with Gasteiger partial charge >= 0.3 is 0 Å². The third-order valence-electron chi connectivity index (χ3n) is 5.40. The lowest BCUT2D eigenvalue weighted by molar-refractivity contribution is 0.0900. The minimum atomic E-state index is -2.75. The first-order valence-corrected chi connectivity index (χ1v) is 8.04. The van der Waals surface area contributed by atoms with Crippen molar-refractivity contribution in [1.29, 1.82) is 0 Å². The van der Waals surface area contributed by atoms with Gasteiger partial charge in [-0.15, -0.1) is 0 Å². The molecule has 1 N–H and O–H groups in total. The Morgan fingerprint density at radius 2 is 2.35 bits per heavy atom. The van der Waals surface area contributed by atoms with E-state index in [1.54, 1.807) is 7.05 Å². The van der Waals surface area contributed by atoms with Crippen LogP contribution in [0.15, 0.2) is 29.5 Å². The monoisotopic (exact) mass is 319 g/mol. The summed E-state index contributed by atoms with van der Waals surface area (Å²) in [5, 5.41) is 6.82. The Balaban J connectivity index is 1.65. The van der Waals surface area contributed by atoms with Gasteiger partial charge < -0.3 is 5.32 Å². The lowest BCUT2D eigenvalue weighted by Gasteiger charge is -2.33. The Morgan fingerprint density at radius 1 is 1.52 bits per heavy atom. The molecule has 1 amide bonds. The molecule has 1 fully saturated rings. The van der Waals surface area contributed by atoms with E-state index in [1.165, 1.54) is 22.0 Å². The summed E-state index contributed by atoms with van der Waals surface area (Å²) in [7, 11) is 1.55. The zero-order chi connectivity index (χ0) is 16.2. The van der Waals surface area contributed by atoms with Crippen LogP contribution in [0.5, 0.6) is 0 Å². The molecule has 2 bridgehead atoms. The average Bonchev–Trinajstić information content (AvgIpc) is 3.19. The van der Waals surface area contributed by atoms with E-state index < -0.39 is 18.0 Å². The third-order valence-corrected chi connectivity index (χ3v) is 5.40. The number of amides is 1. The van der Waals surface area contributed by atoms with Crippen molar-refractivity contribution in [3.8, 4) is 0 Å². The van der Waals surface area contributed by atoms with Crippen molar-refractivity contribution in [1.82, 2.24) is 15.1 Å². The van der Waals surface area contributed by atoms with Gasteiger partial charge in [-0.2, -0.15) is 5.10 Å². The molecular weight excluding hydrogens is 300 g/mol. The quantitative estimate of drug-likeness (QED) is 0.929. The summed E-state index contributed by atoms with van der Waals surface area (Å²) in [6.07, 6.45) is 7.80. The molecule has 2 atom stereocenters. The molecule has 0 radical (unpaired) electrons. The number of nitrogens with zero attached hydrogens (tertiary/aromatic N) is 2. The van der Waals surface area contributed by atoms with Gasteiger partial charge in [0.2, 0.25) is 0 Å². The van der Waals surface area contributed by atoms with Gasteiger partial charge in [-0.25, -0.2) is 8.78 Å². The molecule has 3 aliphatic rings. The lowest BCUT2D eigenvalue weighted by atomic mass is 9.81. The van der Waals surface area contributed by atoms with Crippen molar-refractivity contribution < 1.29 is 13.6 Å². The third kappa shape index (κ3) is 2.15. The molecule has 0 spiro atoms. The Hall–Kier alpha value is -1.98. The summed E-state index contributed by atoms with van der Waals surface area (Å²) in [6, 6.07) is 0. The standard InChI is InChI=1S/C17H19F2N3O/c1-22-9-12(14(21-22)15(18)19)16(23)20-17-7-6-10(8-17)11-4-2-3-5-13(11)17/h2,4,9-10,15H,3,5-8H2,1H3,(H,20,23). The van der Waals surface area contributed by atoms with E-state index >= 15 is 0 Å². The SMILES string of the molecule is Cn1cc(C(=O)NC23CCC(C2)C2=C3CCC=C2)c(C(F)F)n1. The van der Waals surface area contributed by atoms with Gasteiger partial charge in [-0.05, 0) is 49.2 Å². The second kappa shape index (κ2) is 5.01. The highest BCUT2D eigenvalue weighted by Gasteiger charge is 2.51. The number of fused-ring (bicyclic) bond motifs is 4. The van der Waals surface area contributed by atoms with E-state index in [2.05, 4.69) is 22.6 Å². The zero-order valence-corrected chi connectivity index (χ0v) is 13.0. The molecule has 3 aliphatic carbocycles. The molecule has 2 unspecified atom stereocenters. The second-order valence-corrected chi connectivity index (χ2v) is 6.75. The van der Waals surface area contributed by atoms with Crippen molar-refractivity contribution in [2.75, 3.05) is 0 Å². The summed E-state index contributed by atoms with van der Waals surface area (Å²) in [5.74, 6) is 0.0719. The van der Waals surface area contributed by atoms with Crippen molar-refractivity contribution in [2.45, 2.75) is 44.1 Å². The normalized spacial score (nSPS) is 28.6. The molecule has 0 saturated heterocycles. The highest BCUT2D eigenvalue weighted by molar-refractivity contribution is 5.96. The molecule has 6 heteroatoms. The van der Waals surface area contributed by atoms with E-state index in [4.69, 9.17) is 0 Å². The van der Waals surface area contributed by atoms with Gasteiger partial charge in [-0.1, -0.05) is 12.2 Å². The van der Waals surface area contributed by atoms with Crippen LogP contribution in [-0.2, 0) is 7.05 Å². The number of aryl methyl sites for hydroxylation is 1. The Morgan fingerprint density at radius 3 is 3.13 bits per heavy atom. The molecule has 23 heavy (non-hydrogen) atoms. The van der Waals surface area contributed by atoms with Crippen LogP contribution >= 0.6 is 0 Å². The van der Waals surface area contributed by atoms with Gasteiger partial charge in [0.25, 0.3) is 12.3 Å². The van der Waals surface area contributed by atoms with Crippen LogP contribution in [0, 0.1) is 5.92 Å². The molecule has 4 nitrogen and oxygen atoms in total. The molecule has 1 heterocycles. The van der Waals surface area contributed by atoms with Gasteiger partial charge in [-0.3, -0.25) is 9.48 Å². The van der Waals surface area contributed by atoms with Crippen LogP contribution in [0.3, 0.4) is 0 Å². The molecule has 1 aromatic heterocycles. The number of rotatable bonds is 3. The number of alkyl halides is 2. The molecule has 4 rings (SSSR count). The molecule has 1 saturated carbocycles. The maximum absolute atomic E-state index is 13.1. The number of carbonyl (C=O) groups is 1. The highest BCUT2D eigenvalue weighted by atomic mass is 19.3.